The summed E-state index contributed by atoms with van der Waals surface area (Å²) in [6, 6.07) is 0.604. The average Bonchev–Trinajstić information content (AvgIpc) is 2.40. The lowest BCUT2D eigenvalue weighted by Crippen LogP contribution is -2.50. The molecular formula is C11H12ClFN2O3. The Bertz CT molecular complexity index is 458. The van der Waals surface area contributed by atoms with Crippen LogP contribution in [-0.4, -0.2) is 53.3 Å². The normalized spacial score (nSPS) is 19.9. The molecule has 0 radical (unpaired) electrons. The minimum Gasteiger partial charge on any atom is -0.394 e. The van der Waals surface area contributed by atoms with Gasteiger partial charge >= 0.3 is 0 Å². The SMILES string of the molecule is O=C(c1cc(F)cnc1Cl)N1CCOCC1CO. The summed E-state index contributed by atoms with van der Waals surface area (Å²) < 4.78 is 18.3. The molecule has 1 fully saturated rings. The van der Waals surface area contributed by atoms with Crippen LogP contribution >= 0.6 is 11.6 Å². The predicted molar refractivity (Wildman–Crippen MR) is 61.9 cm³/mol. The van der Waals surface area contributed by atoms with Crippen LogP contribution in [0.25, 0.3) is 0 Å². The highest BCUT2D eigenvalue weighted by Crippen LogP contribution is 2.18. The summed E-state index contributed by atoms with van der Waals surface area (Å²) in [5.74, 6) is -1.08. The summed E-state index contributed by atoms with van der Waals surface area (Å²) in [6.45, 7) is 0.744. The van der Waals surface area contributed by atoms with Crippen LogP contribution in [0.3, 0.4) is 0 Å². The van der Waals surface area contributed by atoms with Crippen LogP contribution in [0.1, 0.15) is 10.4 Å². The van der Waals surface area contributed by atoms with E-state index in [1.165, 1.54) is 4.90 Å². The second kappa shape index (κ2) is 5.60. The van der Waals surface area contributed by atoms with Gasteiger partial charge in [0, 0.05) is 6.54 Å². The molecule has 2 heterocycles. The molecule has 1 unspecified atom stereocenters. The maximum atomic E-state index is 13.1. The average molecular weight is 275 g/mol. The van der Waals surface area contributed by atoms with E-state index in [4.69, 9.17) is 16.3 Å². The third kappa shape index (κ3) is 2.60. The number of amides is 1. The van der Waals surface area contributed by atoms with Gasteiger partial charge < -0.3 is 14.7 Å². The highest BCUT2D eigenvalue weighted by atomic mass is 35.5. The van der Waals surface area contributed by atoms with E-state index >= 15 is 0 Å². The van der Waals surface area contributed by atoms with Gasteiger partial charge in [0.05, 0.1) is 37.6 Å². The molecule has 1 atom stereocenters. The van der Waals surface area contributed by atoms with E-state index in [0.29, 0.717) is 13.2 Å². The molecule has 1 aliphatic heterocycles. The zero-order valence-electron chi connectivity index (χ0n) is 9.47. The number of hydrogen-bond acceptors (Lipinski definition) is 4. The van der Waals surface area contributed by atoms with Crippen molar-refractivity contribution in [2.75, 3.05) is 26.4 Å². The highest BCUT2D eigenvalue weighted by Gasteiger charge is 2.29. The molecule has 1 aromatic heterocycles. The number of pyridine rings is 1. The Morgan fingerprint density at radius 3 is 3.22 bits per heavy atom. The number of aliphatic hydroxyl groups excluding tert-OH is 1. The molecule has 0 aromatic carbocycles. The molecule has 0 saturated carbocycles. The van der Waals surface area contributed by atoms with Gasteiger partial charge in [0.2, 0.25) is 0 Å². The van der Waals surface area contributed by atoms with Crippen molar-refractivity contribution in [2.24, 2.45) is 0 Å². The number of nitrogens with zero attached hydrogens (tertiary/aromatic N) is 2. The van der Waals surface area contributed by atoms with Gasteiger partial charge in [-0.05, 0) is 6.07 Å². The van der Waals surface area contributed by atoms with Crippen molar-refractivity contribution in [3.63, 3.8) is 0 Å². The van der Waals surface area contributed by atoms with Gasteiger partial charge in [-0.3, -0.25) is 4.79 Å². The van der Waals surface area contributed by atoms with E-state index in [9.17, 15) is 14.3 Å². The Kier molecular flexibility index (Phi) is 4.11. The van der Waals surface area contributed by atoms with Crippen LogP contribution in [0.2, 0.25) is 5.15 Å². The topological polar surface area (TPSA) is 62.7 Å². The van der Waals surface area contributed by atoms with E-state index in [1.54, 1.807) is 0 Å². The second-order valence-electron chi connectivity index (χ2n) is 3.90. The summed E-state index contributed by atoms with van der Waals surface area (Å²) >= 11 is 5.78. The van der Waals surface area contributed by atoms with Crippen LogP contribution in [0, 0.1) is 5.82 Å². The molecule has 0 spiro atoms. The molecular weight excluding hydrogens is 263 g/mol. The van der Waals surface area contributed by atoms with Gasteiger partial charge in [-0.1, -0.05) is 11.6 Å². The molecule has 98 valence electrons. The zero-order valence-corrected chi connectivity index (χ0v) is 10.2. The fourth-order valence-corrected chi connectivity index (χ4v) is 1.98. The number of aliphatic hydroxyl groups is 1. The quantitative estimate of drug-likeness (QED) is 0.807. The lowest BCUT2D eigenvalue weighted by Gasteiger charge is -2.34. The van der Waals surface area contributed by atoms with Crippen molar-refractivity contribution in [3.8, 4) is 0 Å². The number of aromatic nitrogens is 1. The van der Waals surface area contributed by atoms with Gasteiger partial charge in [0.25, 0.3) is 5.91 Å². The van der Waals surface area contributed by atoms with E-state index in [2.05, 4.69) is 4.98 Å². The molecule has 5 nitrogen and oxygen atoms in total. The van der Waals surface area contributed by atoms with Crippen molar-refractivity contribution < 1.29 is 19.0 Å². The van der Waals surface area contributed by atoms with Crippen molar-refractivity contribution in [2.45, 2.75) is 6.04 Å². The van der Waals surface area contributed by atoms with Crippen LogP contribution in [-0.2, 0) is 4.74 Å². The van der Waals surface area contributed by atoms with Crippen LogP contribution < -0.4 is 0 Å². The van der Waals surface area contributed by atoms with Gasteiger partial charge in [-0.25, -0.2) is 9.37 Å². The van der Waals surface area contributed by atoms with Crippen molar-refractivity contribution >= 4 is 17.5 Å². The maximum absolute atomic E-state index is 13.1. The lowest BCUT2D eigenvalue weighted by molar-refractivity contribution is -0.0184. The first-order chi connectivity index (χ1) is 8.63. The van der Waals surface area contributed by atoms with Gasteiger partial charge in [-0.15, -0.1) is 0 Å². The Balaban J connectivity index is 2.26. The molecule has 18 heavy (non-hydrogen) atoms. The molecule has 0 aliphatic carbocycles. The zero-order chi connectivity index (χ0) is 13.1. The van der Waals surface area contributed by atoms with Crippen LogP contribution in [0.5, 0.6) is 0 Å². The fraction of sp³-hybridized carbons (Fsp3) is 0.455. The highest BCUT2D eigenvalue weighted by molar-refractivity contribution is 6.32. The number of carbonyl (C=O) groups is 1. The fourth-order valence-electron chi connectivity index (χ4n) is 1.80. The molecule has 1 N–H and O–H groups in total. The van der Waals surface area contributed by atoms with Crippen molar-refractivity contribution in [1.82, 2.24) is 9.88 Å². The minimum absolute atomic E-state index is 0.00276. The largest absolute Gasteiger partial charge is 0.394 e. The Hall–Kier alpha value is -1.24. The first-order valence-corrected chi connectivity index (χ1v) is 5.82. The van der Waals surface area contributed by atoms with Crippen molar-refractivity contribution in [3.05, 3.63) is 28.8 Å². The third-order valence-electron chi connectivity index (χ3n) is 2.74. The summed E-state index contributed by atoms with van der Waals surface area (Å²) in [4.78, 5) is 17.2. The number of hydrogen-bond donors (Lipinski definition) is 1. The number of rotatable bonds is 2. The molecule has 1 saturated heterocycles. The minimum atomic E-state index is -0.628. The van der Waals surface area contributed by atoms with Gasteiger partial charge in [0.15, 0.2) is 0 Å². The first kappa shape index (κ1) is 13.2. The third-order valence-corrected chi connectivity index (χ3v) is 3.04. The Labute approximate surface area is 108 Å². The monoisotopic (exact) mass is 274 g/mol. The van der Waals surface area contributed by atoms with E-state index < -0.39 is 17.8 Å². The molecule has 1 amide bonds. The molecule has 2 rings (SSSR count). The maximum Gasteiger partial charge on any atom is 0.257 e. The summed E-state index contributed by atoms with van der Waals surface area (Å²) in [5.41, 5.74) is -0.00276. The van der Waals surface area contributed by atoms with E-state index in [1.807, 2.05) is 0 Å². The van der Waals surface area contributed by atoms with Crippen molar-refractivity contribution in [1.29, 1.82) is 0 Å². The van der Waals surface area contributed by atoms with Crippen LogP contribution in [0.15, 0.2) is 12.3 Å². The van der Waals surface area contributed by atoms with Crippen LogP contribution in [0.4, 0.5) is 4.39 Å². The van der Waals surface area contributed by atoms with Gasteiger partial charge in [-0.2, -0.15) is 0 Å². The van der Waals surface area contributed by atoms with E-state index in [-0.39, 0.29) is 23.9 Å². The summed E-state index contributed by atoms with van der Waals surface area (Å²) in [5, 5.41) is 9.13. The molecule has 1 aromatic rings. The summed E-state index contributed by atoms with van der Waals surface area (Å²) in [6.07, 6.45) is 0.946. The summed E-state index contributed by atoms with van der Waals surface area (Å²) in [7, 11) is 0. The lowest BCUT2D eigenvalue weighted by atomic mass is 10.2. The number of ether oxygens (including phenoxy) is 1. The molecule has 1 aliphatic rings. The number of morpholine rings is 1. The second-order valence-corrected chi connectivity index (χ2v) is 4.26. The Morgan fingerprint density at radius 1 is 1.72 bits per heavy atom. The Morgan fingerprint density at radius 2 is 2.50 bits per heavy atom. The van der Waals surface area contributed by atoms with E-state index in [0.717, 1.165) is 12.3 Å². The number of halogens is 2. The number of carbonyl (C=O) groups excluding carboxylic acids is 1. The smallest absolute Gasteiger partial charge is 0.257 e. The standard InChI is InChI=1S/C11H12ClFN2O3/c12-10-9(3-7(13)4-14-10)11(17)15-1-2-18-6-8(15)5-16/h3-4,8,16H,1-2,5-6H2. The predicted octanol–water partition coefficient (Wildman–Crippen LogP) is 0.707. The first-order valence-electron chi connectivity index (χ1n) is 5.44. The molecule has 0 bridgehead atoms. The van der Waals surface area contributed by atoms with Gasteiger partial charge in [0.1, 0.15) is 11.0 Å². The molecule has 7 heteroatoms.